The minimum absolute atomic E-state index is 0.531. The monoisotopic (exact) mass is 204 g/mol. The summed E-state index contributed by atoms with van der Waals surface area (Å²) >= 11 is 0. The average Bonchev–Trinajstić information content (AvgIpc) is 2.39. The van der Waals surface area contributed by atoms with Gasteiger partial charge in [0.1, 0.15) is 0 Å². The van der Waals surface area contributed by atoms with E-state index < -0.39 is 0 Å². The van der Waals surface area contributed by atoms with Crippen molar-refractivity contribution in [3.8, 4) is 0 Å². The van der Waals surface area contributed by atoms with Crippen LogP contribution >= 0.6 is 0 Å². The Bertz CT molecular complexity index is 315. The molecule has 2 rings (SSSR count). The zero-order valence-corrected chi connectivity index (χ0v) is 10.7. The van der Waals surface area contributed by atoms with Crippen LogP contribution in [0.3, 0.4) is 0 Å². The van der Waals surface area contributed by atoms with E-state index in [1.165, 1.54) is 32.1 Å². The zero-order valence-electron chi connectivity index (χ0n) is 10.7. The Morgan fingerprint density at radius 2 is 2.00 bits per heavy atom. The van der Waals surface area contributed by atoms with Crippen LogP contribution in [0.15, 0.2) is 22.8 Å². The Hall–Kier alpha value is -0.520. The zero-order chi connectivity index (χ0) is 11.1. The van der Waals surface area contributed by atoms with E-state index >= 15 is 0 Å². The summed E-state index contributed by atoms with van der Waals surface area (Å²) in [5, 5.41) is 0. The Balaban J connectivity index is 2.26. The molecule has 0 aromatic heterocycles. The van der Waals surface area contributed by atoms with E-state index in [4.69, 9.17) is 0 Å². The predicted octanol–water partition coefficient (Wildman–Crippen LogP) is 4.87. The summed E-state index contributed by atoms with van der Waals surface area (Å²) < 4.78 is 0. The summed E-state index contributed by atoms with van der Waals surface area (Å²) in [4.78, 5) is 0. The van der Waals surface area contributed by atoms with Crippen LogP contribution in [0.2, 0.25) is 0 Å². The van der Waals surface area contributed by atoms with E-state index in [2.05, 4.69) is 33.8 Å². The molecule has 2 aliphatic rings. The number of hydrogen-bond donors (Lipinski definition) is 0. The molecule has 0 radical (unpaired) electrons. The van der Waals surface area contributed by atoms with Crippen LogP contribution < -0.4 is 0 Å². The van der Waals surface area contributed by atoms with Gasteiger partial charge in [0.25, 0.3) is 0 Å². The Kier molecular flexibility index (Phi) is 2.79. The molecular weight excluding hydrogens is 180 g/mol. The van der Waals surface area contributed by atoms with Crippen LogP contribution in [0.1, 0.15) is 59.8 Å². The van der Waals surface area contributed by atoms with Crippen molar-refractivity contribution in [3.63, 3.8) is 0 Å². The number of rotatable bonds is 0. The fraction of sp³-hybridized carbons (Fsp3) is 0.733. The highest BCUT2D eigenvalue weighted by atomic mass is 14.4. The van der Waals surface area contributed by atoms with Gasteiger partial charge in [0.15, 0.2) is 0 Å². The summed E-state index contributed by atoms with van der Waals surface area (Å²) in [6, 6.07) is 0. The minimum Gasteiger partial charge on any atom is -0.0853 e. The molecule has 0 nitrogen and oxygen atoms in total. The van der Waals surface area contributed by atoms with E-state index in [1.807, 2.05) is 0 Å². The molecule has 0 saturated heterocycles. The van der Waals surface area contributed by atoms with E-state index in [0.29, 0.717) is 5.41 Å². The van der Waals surface area contributed by atoms with Crippen molar-refractivity contribution in [2.45, 2.75) is 59.8 Å². The van der Waals surface area contributed by atoms with E-state index in [9.17, 15) is 0 Å². The van der Waals surface area contributed by atoms with Crippen LogP contribution in [0.25, 0.3) is 0 Å². The van der Waals surface area contributed by atoms with Gasteiger partial charge in [0.2, 0.25) is 0 Å². The third-order valence-corrected chi connectivity index (χ3v) is 3.99. The molecule has 0 saturated carbocycles. The lowest BCUT2D eigenvalue weighted by Gasteiger charge is -2.19. The van der Waals surface area contributed by atoms with Gasteiger partial charge >= 0.3 is 0 Å². The van der Waals surface area contributed by atoms with E-state index in [-0.39, 0.29) is 0 Å². The molecule has 84 valence electrons. The first-order valence-electron chi connectivity index (χ1n) is 6.34. The van der Waals surface area contributed by atoms with Crippen LogP contribution in [0.5, 0.6) is 0 Å². The quantitative estimate of drug-likeness (QED) is 0.494. The molecule has 1 atom stereocenters. The molecule has 1 unspecified atom stereocenters. The molecule has 0 fully saturated rings. The summed E-state index contributed by atoms with van der Waals surface area (Å²) in [6.07, 6.45) is 9.01. The summed E-state index contributed by atoms with van der Waals surface area (Å²) in [7, 11) is 0. The van der Waals surface area contributed by atoms with Gasteiger partial charge in [0.05, 0.1) is 0 Å². The lowest BCUT2D eigenvalue weighted by atomic mass is 9.86. The van der Waals surface area contributed by atoms with E-state index in [0.717, 1.165) is 5.92 Å². The van der Waals surface area contributed by atoms with Crippen LogP contribution in [0, 0.1) is 11.3 Å². The first kappa shape index (κ1) is 11.0. The summed E-state index contributed by atoms with van der Waals surface area (Å²) in [5.41, 5.74) is 5.68. The molecule has 2 aliphatic carbocycles. The smallest absolute Gasteiger partial charge is 0.0108 e. The predicted molar refractivity (Wildman–Crippen MR) is 66.8 cm³/mol. The van der Waals surface area contributed by atoms with Gasteiger partial charge in [-0.25, -0.2) is 0 Å². The molecule has 0 amide bonds. The highest BCUT2D eigenvalue weighted by molar-refractivity contribution is 5.30. The van der Waals surface area contributed by atoms with Crippen molar-refractivity contribution >= 4 is 0 Å². The SMILES string of the molecule is CC1=CCCC(C)C2=C(C1)CC(C)(C)C2. The molecule has 0 aromatic carbocycles. The van der Waals surface area contributed by atoms with Gasteiger partial charge in [0, 0.05) is 0 Å². The van der Waals surface area contributed by atoms with E-state index in [1.54, 1.807) is 16.7 Å². The van der Waals surface area contributed by atoms with Gasteiger partial charge in [-0.05, 0) is 50.4 Å². The molecule has 15 heavy (non-hydrogen) atoms. The van der Waals surface area contributed by atoms with Gasteiger partial charge in [-0.1, -0.05) is 43.6 Å². The second kappa shape index (κ2) is 3.81. The van der Waals surface area contributed by atoms with Crippen molar-refractivity contribution in [3.05, 3.63) is 22.8 Å². The van der Waals surface area contributed by atoms with Gasteiger partial charge in [-0.3, -0.25) is 0 Å². The van der Waals surface area contributed by atoms with Crippen molar-refractivity contribution < 1.29 is 0 Å². The first-order chi connectivity index (χ1) is 6.98. The minimum atomic E-state index is 0.531. The third kappa shape index (κ3) is 2.35. The molecule has 0 N–H and O–H groups in total. The van der Waals surface area contributed by atoms with Crippen LogP contribution in [-0.2, 0) is 0 Å². The van der Waals surface area contributed by atoms with Crippen molar-refractivity contribution in [1.29, 1.82) is 0 Å². The molecule has 0 heteroatoms. The molecule has 0 heterocycles. The van der Waals surface area contributed by atoms with Gasteiger partial charge in [-0.2, -0.15) is 0 Å². The molecule has 0 spiro atoms. The maximum absolute atomic E-state index is 2.45. The normalized spacial score (nSPS) is 30.7. The molecule has 0 aromatic rings. The Labute approximate surface area is 94.5 Å². The molecule has 0 bridgehead atoms. The summed E-state index contributed by atoms with van der Waals surface area (Å²) in [6.45, 7) is 9.56. The maximum Gasteiger partial charge on any atom is -0.0108 e. The fourth-order valence-electron chi connectivity index (χ4n) is 3.26. The molecule has 0 aliphatic heterocycles. The lowest BCUT2D eigenvalue weighted by molar-refractivity contribution is 0.378. The first-order valence-corrected chi connectivity index (χ1v) is 6.34. The third-order valence-electron chi connectivity index (χ3n) is 3.99. The topological polar surface area (TPSA) is 0 Å². The standard InChI is InChI=1S/C15H24/c1-11-6-5-7-12(2)14-10-15(3,4)9-13(14)8-11/h6,12H,5,7-10H2,1-4H3. The Morgan fingerprint density at radius 3 is 2.73 bits per heavy atom. The second-order valence-electron chi connectivity index (χ2n) is 6.35. The highest BCUT2D eigenvalue weighted by Gasteiger charge is 2.32. The summed E-state index contributed by atoms with van der Waals surface area (Å²) in [5.74, 6) is 0.825. The average molecular weight is 204 g/mol. The van der Waals surface area contributed by atoms with Gasteiger partial charge in [-0.15, -0.1) is 0 Å². The van der Waals surface area contributed by atoms with Crippen LogP contribution in [0.4, 0.5) is 0 Å². The van der Waals surface area contributed by atoms with Crippen LogP contribution in [-0.4, -0.2) is 0 Å². The maximum atomic E-state index is 2.45. The van der Waals surface area contributed by atoms with Crippen molar-refractivity contribution in [2.24, 2.45) is 11.3 Å². The highest BCUT2D eigenvalue weighted by Crippen LogP contribution is 2.47. The van der Waals surface area contributed by atoms with Crippen molar-refractivity contribution in [1.82, 2.24) is 0 Å². The lowest BCUT2D eigenvalue weighted by Crippen LogP contribution is -2.07. The number of hydrogen-bond acceptors (Lipinski definition) is 0. The molecular formula is C15H24. The Morgan fingerprint density at radius 1 is 1.27 bits per heavy atom. The van der Waals surface area contributed by atoms with Crippen molar-refractivity contribution in [2.75, 3.05) is 0 Å². The fourth-order valence-corrected chi connectivity index (χ4v) is 3.26. The van der Waals surface area contributed by atoms with Gasteiger partial charge < -0.3 is 0 Å². The second-order valence-corrected chi connectivity index (χ2v) is 6.35. The largest absolute Gasteiger partial charge is 0.0853 e. The number of allylic oxidation sites excluding steroid dienone is 4.